The highest BCUT2D eigenvalue weighted by Crippen LogP contribution is 2.19. The molecule has 0 aliphatic rings. The number of nitrogens with one attached hydrogen (secondary N) is 1. The second-order valence-corrected chi connectivity index (χ2v) is 4.63. The summed E-state index contributed by atoms with van der Waals surface area (Å²) in [4.78, 5) is 12.0. The summed E-state index contributed by atoms with van der Waals surface area (Å²) in [5.41, 5.74) is -0.227. The van der Waals surface area contributed by atoms with Gasteiger partial charge in [-0.25, -0.2) is 4.39 Å². The number of ether oxygens (including phenoxy) is 1. The standard InChI is InChI=1S/C15H18FNO3/c1-15(2,20-3)14(19)17-13-8-7-12(16)10-11(13)6-4-5-9-18/h7-8,10,18H,5,9H2,1-3H3,(H,17,19). The molecule has 0 unspecified atom stereocenters. The summed E-state index contributed by atoms with van der Waals surface area (Å²) in [5.74, 6) is 4.63. The van der Waals surface area contributed by atoms with Gasteiger partial charge in [-0.05, 0) is 32.0 Å². The van der Waals surface area contributed by atoms with Crippen molar-refractivity contribution in [1.82, 2.24) is 0 Å². The topological polar surface area (TPSA) is 58.6 Å². The molecular formula is C15H18FNO3. The molecule has 5 heteroatoms. The van der Waals surface area contributed by atoms with Crippen LogP contribution >= 0.6 is 0 Å². The van der Waals surface area contributed by atoms with Gasteiger partial charge in [0.1, 0.15) is 11.4 Å². The van der Waals surface area contributed by atoms with Gasteiger partial charge in [0.25, 0.3) is 5.91 Å². The first-order valence-electron chi connectivity index (χ1n) is 6.16. The number of hydrogen-bond donors (Lipinski definition) is 2. The number of aliphatic hydroxyl groups is 1. The normalized spacial score (nSPS) is 10.7. The van der Waals surface area contributed by atoms with Crippen molar-refractivity contribution in [2.75, 3.05) is 19.0 Å². The predicted octanol–water partition coefficient (Wildman–Crippen LogP) is 1.92. The number of hydrogen-bond acceptors (Lipinski definition) is 3. The monoisotopic (exact) mass is 279 g/mol. The zero-order chi connectivity index (χ0) is 15.2. The summed E-state index contributed by atoms with van der Waals surface area (Å²) in [6, 6.07) is 3.92. The van der Waals surface area contributed by atoms with Crippen LogP contribution in [0.1, 0.15) is 25.8 Å². The van der Waals surface area contributed by atoms with E-state index in [0.29, 0.717) is 11.3 Å². The highest BCUT2D eigenvalue weighted by Gasteiger charge is 2.27. The Balaban J connectivity index is 3.01. The van der Waals surface area contributed by atoms with Gasteiger partial charge < -0.3 is 15.2 Å². The molecular weight excluding hydrogens is 261 g/mol. The molecule has 0 aromatic heterocycles. The van der Waals surface area contributed by atoms with Crippen LogP contribution in [0.2, 0.25) is 0 Å². The molecule has 108 valence electrons. The number of aliphatic hydroxyl groups excluding tert-OH is 1. The number of benzene rings is 1. The Kier molecular flexibility index (Phi) is 5.68. The van der Waals surface area contributed by atoms with Gasteiger partial charge in [-0.2, -0.15) is 0 Å². The van der Waals surface area contributed by atoms with Crippen molar-refractivity contribution in [3.8, 4) is 11.8 Å². The van der Waals surface area contributed by atoms with Crippen LogP contribution in [0.4, 0.5) is 10.1 Å². The van der Waals surface area contributed by atoms with Crippen molar-refractivity contribution in [3.05, 3.63) is 29.6 Å². The molecule has 1 aromatic rings. The molecule has 0 saturated heterocycles. The fourth-order valence-corrected chi connectivity index (χ4v) is 1.31. The minimum Gasteiger partial charge on any atom is -0.395 e. The van der Waals surface area contributed by atoms with E-state index >= 15 is 0 Å². The van der Waals surface area contributed by atoms with Crippen molar-refractivity contribution in [1.29, 1.82) is 0 Å². The van der Waals surface area contributed by atoms with E-state index in [0.717, 1.165) is 0 Å². The predicted molar refractivity (Wildman–Crippen MR) is 74.7 cm³/mol. The summed E-state index contributed by atoms with van der Waals surface area (Å²) in [7, 11) is 1.44. The summed E-state index contributed by atoms with van der Waals surface area (Å²) < 4.78 is 18.3. The average Bonchev–Trinajstić information content (AvgIpc) is 2.41. The number of methoxy groups -OCH3 is 1. The molecule has 0 saturated carbocycles. The van der Waals surface area contributed by atoms with E-state index in [1.54, 1.807) is 13.8 Å². The van der Waals surface area contributed by atoms with Gasteiger partial charge in [-0.3, -0.25) is 4.79 Å². The van der Waals surface area contributed by atoms with Crippen LogP contribution in [-0.2, 0) is 9.53 Å². The van der Waals surface area contributed by atoms with E-state index in [1.165, 1.54) is 25.3 Å². The van der Waals surface area contributed by atoms with E-state index in [9.17, 15) is 9.18 Å². The first-order chi connectivity index (χ1) is 9.40. The highest BCUT2D eigenvalue weighted by atomic mass is 19.1. The van der Waals surface area contributed by atoms with Crippen LogP contribution < -0.4 is 5.32 Å². The summed E-state index contributed by atoms with van der Waals surface area (Å²) in [6.07, 6.45) is 0.285. The number of rotatable bonds is 4. The van der Waals surface area contributed by atoms with E-state index in [4.69, 9.17) is 9.84 Å². The minimum atomic E-state index is -0.996. The molecule has 1 amide bonds. The van der Waals surface area contributed by atoms with Crippen LogP contribution in [0.5, 0.6) is 0 Å². The largest absolute Gasteiger partial charge is 0.395 e. The fourth-order valence-electron chi connectivity index (χ4n) is 1.31. The fraction of sp³-hybridized carbons (Fsp3) is 0.400. The lowest BCUT2D eigenvalue weighted by Crippen LogP contribution is -2.39. The molecule has 0 bridgehead atoms. The smallest absolute Gasteiger partial charge is 0.256 e. The second kappa shape index (κ2) is 7.04. The third-order valence-electron chi connectivity index (χ3n) is 2.75. The maximum atomic E-state index is 13.2. The summed E-state index contributed by atoms with van der Waals surface area (Å²) in [6.45, 7) is 3.19. The van der Waals surface area contributed by atoms with Gasteiger partial charge in [0.15, 0.2) is 0 Å². The maximum Gasteiger partial charge on any atom is 0.256 e. The molecule has 0 aliphatic carbocycles. The Labute approximate surface area is 117 Å². The van der Waals surface area contributed by atoms with Crippen LogP contribution in [0.15, 0.2) is 18.2 Å². The molecule has 1 rings (SSSR count). The Hall–Kier alpha value is -1.90. The Bertz CT molecular complexity index is 544. The molecule has 0 heterocycles. The van der Waals surface area contributed by atoms with Gasteiger partial charge >= 0.3 is 0 Å². The third-order valence-corrected chi connectivity index (χ3v) is 2.75. The molecule has 1 aromatic carbocycles. The Morgan fingerprint density at radius 2 is 2.20 bits per heavy atom. The van der Waals surface area contributed by atoms with E-state index in [-0.39, 0.29) is 18.9 Å². The third kappa shape index (κ3) is 4.34. The van der Waals surface area contributed by atoms with Crippen molar-refractivity contribution in [3.63, 3.8) is 0 Å². The van der Waals surface area contributed by atoms with Crippen LogP contribution in [0.3, 0.4) is 0 Å². The van der Waals surface area contributed by atoms with Crippen molar-refractivity contribution < 1.29 is 19.0 Å². The molecule has 0 spiro atoms. The minimum absolute atomic E-state index is 0.0687. The quantitative estimate of drug-likeness (QED) is 0.828. The zero-order valence-electron chi connectivity index (χ0n) is 11.8. The first-order valence-corrected chi connectivity index (χ1v) is 6.16. The van der Waals surface area contributed by atoms with Crippen molar-refractivity contribution >= 4 is 11.6 Å². The highest BCUT2D eigenvalue weighted by molar-refractivity contribution is 5.97. The van der Waals surface area contributed by atoms with Crippen molar-refractivity contribution in [2.45, 2.75) is 25.9 Å². The molecule has 2 N–H and O–H groups in total. The van der Waals surface area contributed by atoms with Crippen LogP contribution in [0, 0.1) is 17.7 Å². The first kappa shape index (κ1) is 16.2. The summed E-state index contributed by atoms with van der Waals surface area (Å²) >= 11 is 0. The molecule has 0 radical (unpaired) electrons. The van der Waals surface area contributed by atoms with E-state index < -0.39 is 11.4 Å². The van der Waals surface area contributed by atoms with Gasteiger partial charge in [-0.1, -0.05) is 11.8 Å². The molecule has 4 nitrogen and oxygen atoms in total. The Morgan fingerprint density at radius 3 is 2.80 bits per heavy atom. The maximum absolute atomic E-state index is 13.2. The van der Waals surface area contributed by atoms with Crippen LogP contribution in [-0.4, -0.2) is 30.3 Å². The van der Waals surface area contributed by atoms with E-state index in [2.05, 4.69) is 17.2 Å². The SMILES string of the molecule is COC(C)(C)C(=O)Nc1ccc(F)cc1C#CCCO. The lowest BCUT2D eigenvalue weighted by atomic mass is 10.1. The van der Waals surface area contributed by atoms with E-state index in [1.807, 2.05) is 0 Å². The van der Waals surface area contributed by atoms with Crippen LogP contribution in [0.25, 0.3) is 0 Å². The van der Waals surface area contributed by atoms with Gasteiger partial charge in [0.05, 0.1) is 17.9 Å². The van der Waals surface area contributed by atoms with Gasteiger partial charge in [-0.15, -0.1) is 0 Å². The number of halogens is 1. The lowest BCUT2D eigenvalue weighted by Gasteiger charge is -2.22. The Morgan fingerprint density at radius 1 is 1.50 bits per heavy atom. The van der Waals surface area contributed by atoms with Gasteiger partial charge in [0, 0.05) is 13.5 Å². The molecule has 0 fully saturated rings. The number of amides is 1. The average molecular weight is 279 g/mol. The zero-order valence-corrected chi connectivity index (χ0v) is 11.8. The van der Waals surface area contributed by atoms with Gasteiger partial charge in [0.2, 0.25) is 0 Å². The second-order valence-electron chi connectivity index (χ2n) is 4.63. The lowest BCUT2D eigenvalue weighted by molar-refractivity contribution is -0.133. The van der Waals surface area contributed by atoms with Crippen molar-refractivity contribution in [2.24, 2.45) is 0 Å². The molecule has 0 atom stereocenters. The number of carbonyl (C=O) groups excluding carboxylic acids is 1. The number of carbonyl (C=O) groups is 1. The molecule has 0 aliphatic heterocycles. The number of anilines is 1. The molecule has 20 heavy (non-hydrogen) atoms. The summed E-state index contributed by atoms with van der Waals surface area (Å²) in [5, 5.41) is 11.3.